The van der Waals surface area contributed by atoms with E-state index < -0.39 is 0 Å². The number of nitrogens with one attached hydrogen (secondary N) is 1. The zero-order chi connectivity index (χ0) is 18.4. The molecule has 0 fully saturated rings. The molecule has 8 nitrogen and oxygen atoms in total. The molecule has 0 heterocycles. The number of amides is 1. The maximum absolute atomic E-state index is 10.9. The van der Waals surface area contributed by atoms with E-state index in [-0.39, 0.29) is 12.5 Å². The van der Waals surface area contributed by atoms with E-state index in [2.05, 4.69) is 10.5 Å². The zero-order valence-corrected chi connectivity index (χ0v) is 17.3. The maximum atomic E-state index is 10.9. The van der Waals surface area contributed by atoms with Crippen LogP contribution in [0.1, 0.15) is 19.8 Å². The smallest absolute Gasteiger partial charge is 0.254 e. The third-order valence-electron chi connectivity index (χ3n) is 2.84. The third kappa shape index (κ3) is 21.9. The van der Waals surface area contributed by atoms with Gasteiger partial charge in [-0.3, -0.25) is 8.32 Å². The fourth-order valence-electron chi connectivity index (χ4n) is 1.54. The van der Waals surface area contributed by atoms with Crippen molar-refractivity contribution in [3.8, 4) is 0 Å². The summed E-state index contributed by atoms with van der Waals surface area (Å²) in [5, 5.41) is 0. The summed E-state index contributed by atoms with van der Waals surface area (Å²) in [4.78, 5) is 10.9. The number of hydrogen-bond donors (Lipinski definition) is 1. The van der Waals surface area contributed by atoms with Crippen LogP contribution in [0.15, 0.2) is 0 Å². The molecule has 0 aliphatic carbocycles. The van der Waals surface area contributed by atoms with Crippen molar-refractivity contribution in [3.63, 3.8) is 0 Å². The van der Waals surface area contributed by atoms with Crippen LogP contribution in [0.4, 0.5) is 0 Å². The minimum absolute atomic E-state index is 0.0513. The van der Waals surface area contributed by atoms with E-state index in [9.17, 15) is 4.79 Å². The van der Waals surface area contributed by atoms with Crippen LogP contribution in [0.5, 0.6) is 0 Å². The van der Waals surface area contributed by atoms with Gasteiger partial charge in [0, 0.05) is 6.61 Å². The summed E-state index contributed by atoms with van der Waals surface area (Å²) < 4.78 is 34.3. The minimum Gasteiger partial charge on any atom is -0.379 e. The number of rotatable bonds is 20. The van der Waals surface area contributed by atoms with Crippen molar-refractivity contribution in [2.45, 2.75) is 19.8 Å². The first-order valence-electron chi connectivity index (χ1n) is 8.67. The van der Waals surface area contributed by atoms with Crippen molar-refractivity contribution >= 4 is 28.8 Å². The Balaban J connectivity index is 2.99. The number of carbonyl (C=O) groups excluding carboxylic acids is 1. The van der Waals surface area contributed by atoms with Crippen molar-refractivity contribution in [3.05, 3.63) is 0 Å². The molecule has 0 bridgehead atoms. The summed E-state index contributed by atoms with van der Waals surface area (Å²) in [6.07, 6.45) is 2.25. The van der Waals surface area contributed by atoms with Gasteiger partial charge in [-0.1, -0.05) is 13.3 Å². The van der Waals surface area contributed by atoms with Gasteiger partial charge >= 0.3 is 0 Å². The summed E-state index contributed by atoms with van der Waals surface area (Å²) in [7, 11) is 0. The molecule has 9 heteroatoms. The van der Waals surface area contributed by atoms with Gasteiger partial charge in [-0.05, 0) is 6.42 Å². The van der Waals surface area contributed by atoms with Crippen LogP contribution in [-0.2, 0) is 33.2 Å². The highest BCUT2D eigenvalue weighted by molar-refractivity contribution is 14.1. The van der Waals surface area contributed by atoms with Crippen molar-refractivity contribution < 1.29 is 33.2 Å². The van der Waals surface area contributed by atoms with Gasteiger partial charge in [0.2, 0.25) is 0 Å². The fraction of sp³-hybridized carbons (Fsp3) is 0.938. The summed E-state index contributed by atoms with van der Waals surface area (Å²) in [6.45, 7) is 8.23. The second-order valence-electron chi connectivity index (χ2n) is 4.99. The molecule has 0 saturated heterocycles. The molecule has 0 saturated carbocycles. The van der Waals surface area contributed by atoms with Crippen LogP contribution in [0.25, 0.3) is 0 Å². The monoisotopic (exact) mass is 477 g/mol. The number of unbranched alkanes of at least 4 members (excludes halogenated alkanes) is 1. The molecule has 1 N–H and O–H groups in total. The quantitative estimate of drug-likeness (QED) is 0.161. The Labute approximate surface area is 164 Å². The zero-order valence-electron chi connectivity index (χ0n) is 15.1. The van der Waals surface area contributed by atoms with E-state index in [1.54, 1.807) is 22.9 Å². The lowest BCUT2D eigenvalue weighted by Gasteiger charge is -2.08. The second kappa shape index (κ2) is 22.0. The summed E-state index contributed by atoms with van der Waals surface area (Å²) >= 11 is 1.77. The molecule has 0 aliphatic rings. The molecule has 150 valence electrons. The predicted molar refractivity (Wildman–Crippen MR) is 102 cm³/mol. The van der Waals surface area contributed by atoms with Crippen molar-refractivity contribution in [1.29, 1.82) is 0 Å². The first kappa shape index (κ1) is 25.0. The van der Waals surface area contributed by atoms with Crippen LogP contribution in [0, 0.1) is 0 Å². The van der Waals surface area contributed by atoms with Crippen LogP contribution < -0.4 is 3.53 Å². The predicted octanol–water partition coefficient (Wildman–Crippen LogP) is 1.35. The molecule has 25 heavy (non-hydrogen) atoms. The lowest BCUT2D eigenvalue weighted by atomic mass is 10.4. The van der Waals surface area contributed by atoms with Gasteiger partial charge in [-0.25, -0.2) is 0 Å². The van der Waals surface area contributed by atoms with Gasteiger partial charge in [0.1, 0.15) is 6.61 Å². The average molecular weight is 477 g/mol. The van der Waals surface area contributed by atoms with Crippen molar-refractivity contribution in [2.24, 2.45) is 0 Å². The van der Waals surface area contributed by atoms with E-state index in [4.69, 9.17) is 28.4 Å². The van der Waals surface area contributed by atoms with Crippen LogP contribution >= 0.6 is 22.9 Å². The van der Waals surface area contributed by atoms with Gasteiger partial charge in [0.15, 0.2) is 0 Å². The summed E-state index contributed by atoms with van der Waals surface area (Å²) in [6, 6.07) is 0. The standard InChI is InChI=1S/C16H32INO7/c1-2-3-4-20-5-6-21-7-8-22-9-10-23-11-12-24-13-14-25-15-16(19)18-17/h2-15H2,1H3,(H,18,19). The molecule has 0 aromatic heterocycles. The van der Waals surface area contributed by atoms with E-state index in [1.165, 1.54) is 0 Å². The molecule has 0 aliphatic heterocycles. The highest BCUT2D eigenvalue weighted by Gasteiger charge is 1.97. The number of carbonyl (C=O) groups is 1. The topological polar surface area (TPSA) is 84.5 Å². The first-order chi connectivity index (χ1) is 12.3. The molecule has 0 radical (unpaired) electrons. The number of halogens is 1. The van der Waals surface area contributed by atoms with Gasteiger partial charge in [0.25, 0.3) is 5.91 Å². The first-order valence-corrected chi connectivity index (χ1v) is 9.75. The molecule has 0 rings (SSSR count). The summed E-state index contributed by atoms with van der Waals surface area (Å²) in [5.74, 6) is -0.158. The molecule has 0 unspecified atom stereocenters. The van der Waals surface area contributed by atoms with Gasteiger partial charge in [0.05, 0.1) is 88.9 Å². The Bertz CT molecular complexity index is 285. The number of ether oxygens (including phenoxy) is 6. The largest absolute Gasteiger partial charge is 0.379 e. The normalized spacial score (nSPS) is 11.0. The Morgan fingerprint density at radius 2 is 1.04 bits per heavy atom. The van der Waals surface area contributed by atoms with E-state index in [0.717, 1.165) is 19.4 Å². The van der Waals surface area contributed by atoms with Gasteiger partial charge in [-0.2, -0.15) is 0 Å². The molecule has 0 spiro atoms. The Kier molecular flexibility index (Phi) is 22.0. The third-order valence-corrected chi connectivity index (χ3v) is 3.44. The van der Waals surface area contributed by atoms with Crippen LogP contribution in [-0.4, -0.2) is 85.2 Å². The molecule has 0 aromatic rings. The van der Waals surface area contributed by atoms with Crippen LogP contribution in [0.2, 0.25) is 0 Å². The SMILES string of the molecule is CCCCOCCOCCOCCOCCOCCOCC(=O)NI. The molecular weight excluding hydrogens is 445 g/mol. The fourth-order valence-corrected chi connectivity index (χ4v) is 1.69. The lowest BCUT2D eigenvalue weighted by molar-refractivity contribution is -0.123. The van der Waals surface area contributed by atoms with Crippen molar-refractivity contribution in [2.75, 3.05) is 79.3 Å². The highest BCUT2D eigenvalue weighted by atomic mass is 127. The van der Waals surface area contributed by atoms with Crippen molar-refractivity contribution in [1.82, 2.24) is 3.53 Å². The van der Waals surface area contributed by atoms with E-state index >= 15 is 0 Å². The van der Waals surface area contributed by atoms with Gasteiger partial charge < -0.3 is 28.4 Å². The Hall–Kier alpha value is -0.0400. The maximum Gasteiger partial charge on any atom is 0.254 e. The van der Waals surface area contributed by atoms with E-state index in [0.29, 0.717) is 66.1 Å². The van der Waals surface area contributed by atoms with E-state index in [1.807, 2.05) is 0 Å². The van der Waals surface area contributed by atoms with Gasteiger partial charge in [-0.15, -0.1) is 0 Å². The minimum atomic E-state index is -0.158. The molecule has 0 atom stereocenters. The average Bonchev–Trinajstić information content (AvgIpc) is 2.63. The number of hydrogen-bond acceptors (Lipinski definition) is 7. The highest BCUT2D eigenvalue weighted by Crippen LogP contribution is 1.88. The molecule has 1 amide bonds. The lowest BCUT2D eigenvalue weighted by Crippen LogP contribution is -2.20. The molecule has 0 aromatic carbocycles. The molecular formula is C16H32INO7. The Morgan fingerprint density at radius 1 is 0.680 bits per heavy atom. The summed E-state index contributed by atoms with van der Waals surface area (Å²) in [5.41, 5.74) is 0. The van der Waals surface area contributed by atoms with Crippen LogP contribution in [0.3, 0.4) is 0 Å². The second-order valence-corrected chi connectivity index (χ2v) is 5.53. The Morgan fingerprint density at radius 3 is 1.40 bits per heavy atom.